The highest BCUT2D eigenvalue weighted by Gasteiger charge is 2.06. The van der Waals surface area contributed by atoms with E-state index in [1.54, 1.807) is 6.20 Å². The van der Waals surface area contributed by atoms with Gasteiger partial charge in [0, 0.05) is 12.7 Å². The summed E-state index contributed by atoms with van der Waals surface area (Å²) >= 11 is 0. The van der Waals surface area contributed by atoms with Crippen molar-refractivity contribution < 1.29 is 4.74 Å². The molecule has 0 fully saturated rings. The first kappa shape index (κ1) is 12.9. The Morgan fingerprint density at radius 1 is 1.16 bits per heavy atom. The highest BCUT2D eigenvalue weighted by atomic mass is 16.5. The van der Waals surface area contributed by atoms with E-state index < -0.39 is 0 Å². The number of nitrogens with one attached hydrogen (secondary N) is 2. The molecule has 0 aliphatic rings. The number of aromatic nitrogens is 5. The van der Waals surface area contributed by atoms with Gasteiger partial charge < -0.3 is 15.4 Å². The molecule has 2 N–H and O–H groups in total. The van der Waals surface area contributed by atoms with Gasteiger partial charge in [0.2, 0.25) is 11.9 Å². The molecule has 8 heteroatoms. The minimum Gasteiger partial charge on any atom is -0.467 e. The number of hydrogen-bond acceptors (Lipinski definition) is 8. The number of rotatable bonds is 6. The van der Waals surface area contributed by atoms with E-state index in [1.165, 1.54) is 7.11 Å². The maximum Gasteiger partial charge on any atom is 0.322 e. The average molecular weight is 261 g/mol. The fraction of sp³-hybridized carbons (Fsp3) is 0.364. The molecule has 0 radical (unpaired) electrons. The maximum atomic E-state index is 5.02. The highest BCUT2D eigenvalue weighted by Crippen LogP contribution is 2.11. The molecule has 2 aromatic heterocycles. The van der Waals surface area contributed by atoms with Gasteiger partial charge in [0.05, 0.1) is 19.3 Å². The molecule has 0 saturated carbocycles. The summed E-state index contributed by atoms with van der Waals surface area (Å²) in [5, 5.41) is 13.8. The summed E-state index contributed by atoms with van der Waals surface area (Å²) in [7, 11) is 1.51. The molecule has 0 aliphatic carbocycles. The molecule has 0 bridgehead atoms. The summed E-state index contributed by atoms with van der Waals surface area (Å²) in [5.74, 6) is 0.893. The van der Waals surface area contributed by atoms with Gasteiger partial charge in [-0.2, -0.15) is 25.1 Å². The third-order valence-corrected chi connectivity index (χ3v) is 2.19. The van der Waals surface area contributed by atoms with Gasteiger partial charge in [-0.15, -0.1) is 0 Å². The number of hydrogen-bond donors (Lipinski definition) is 2. The van der Waals surface area contributed by atoms with Gasteiger partial charge in [0.25, 0.3) is 0 Å². The average Bonchev–Trinajstić information content (AvgIpc) is 2.46. The van der Waals surface area contributed by atoms with Crippen molar-refractivity contribution in [2.24, 2.45) is 0 Å². The van der Waals surface area contributed by atoms with Crippen LogP contribution in [0.5, 0.6) is 6.01 Å². The molecule has 0 aliphatic heterocycles. The molecular formula is C11H15N7O. The van der Waals surface area contributed by atoms with Crippen molar-refractivity contribution in [2.45, 2.75) is 13.5 Å². The van der Waals surface area contributed by atoms with E-state index >= 15 is 0 Å². The van der Waals surface area contributed by atoms with Gasteiger partial charge >= 0.3 is 6.01 Å². The summed E-state index contributed by atoms with van der Waals surface area (Å²) in [6.07, 6.45) is 1.62. The molecule has 19 heavy (non-hydrogen) atoms. The van der Waals surface area contributed by atoms with E-state index in [-0.39, 0.29) is 6.01 Å². The van der Waals surface area contributed by atoms with E-state index in [2.05, 4.69) is 35.8 Å². The second kappa shape index (κ2) is 6.43. The molecule has 100 valence electrons. The Labute approximate surface area is 110 Å². The molecule has 0 amide bonds. The largest absolute Gasteiger partial charge is 0.467 e. The first-order chi connectivity index (χ1) is 9.31. The Bertz CT molecular complexity index is 520. The van der Waals surface area contributed by atoms with Gasteiger partial charge in [-0.1, -0.05) is 0 Å². The van der Waals surface area contributed by atoms with Gasteiger partial charge in [-0.3, -0.25) is 0 Å². The molecule has 0 unspecified atom stereocenters. The fourth-order valence-electron chi connectivity index (χ4n) is 1.36. The summed E-state index contributed by atoms with van der Waals surface area (Å²) in [5.41, 5.74) is 0.798. The number of ether oxygens (including phenoxy) is 1. The van der Waals surface area contributed by atoms with Crippen molar-refractivity contribution in [3.05, 3.63) is 24.0 Å². The maximum absolute atomic E-state index is 5.02. The van der Waals surface area contributed by atoms with Gasteiger partial charge in [-0.05, 0) is 19.1 Å². The van der Waals surface area contributed by atoms with Crippen LogP contribution in [-0.2, 0) is 6.54 Å². The Morgan fingerprint density at radius 3 is 2.58 bits per heavy atom. The van der Waals surface area contributed by atoms with Crippen LogP contribution < -0.4 is 15.4 Å². The zero-order valence-electron chi connectivity index (χ0n) is 10.8. The highest BCUT2D eigenvalue weighted by molar-refractivity contribution is 5.36. The summed E-state index contributed by atoms with van der Waals surface area (Å²) in [6, 6.07) is 3.94. The number of anilines is 2. The Kier molecular flexibility index (Phi) is 4.38. The standard InChI is InChI=1S/C11H15N7O/c1-3-12-9-15-10(17-11(16-9)19-2)13-7-8-5-4-6-14-18-8/h4-6H,3,7H2,1-2H3,(H2,12,13,15,16,17). The van der Waals surface area contributed by atoms with Gasteiger partial charge in [0.1, 0.15) is 0 Å². The summed E-state index contributed by atoms with van der Waals surface area (Å²) in [4.78, 5) is 12.4. The smallest absolute Gasteiger partial charge is 0.322 e. The quantitative estimate of drug-likeness (QED) is 0.784. The van der Waals surface area contributed by atoms with Crippen LogP contribution in [0.15, 0.2) is 18.3 Å². The van der Waals surface area contributed by atoms with Crippen LogP contribution in [0, 0.1) is 0 Å². The van der Waals surface area contributed by atoms with Crippen LogP contribution in [0.2, 0.25) is 0 Å². The van der Waals surface area contributed by atoms with Crippen LogP contribution in [0.3, 0.4) is 0 Å². The lowest BCUT2D eigenvalue weighted by Gasteiger charge is -2.08. The lowest BCUT2D eigenvalue weighted by Crippen LogP contribution is -2.10. The van der Waals surface area contributed by atoms with Crippen molar-refractivity contribution in [2.75, 3.05) is 24.3 Å². The van der Waals surface area contributed by atoms with Gasteiger partial charge in [0.15, 0.2) is 0 Å². The molecule has 2 aromatic rings. The third-order valence-electron chi connectivity index (χ3n) is 2.19. The number of nitrogens with zero attached hydrogens (tertiary/aromatic N) is 5. The minimum atomic E-state index is 0.257. The molecule has 2 heterocycles. The molecular weight excluding hydrogens is 246 g/mol. The van der Waals surface area contributed by atoms with Crippen molar-refractivity contribution >= 4 is 11.9 Å². The molecule has 0 atom stereocenters. The van der Waals surface area contributed by atoms with Crippen LogP contribution in [0.4, 0.5) is 11.9 Å². The van der Waals surface area contributed by atoms with Crippen molar-refractivity contribution in [1.29, 1.82) is 0 Å². The molecule has 0 aromatic carbocycles. The Morgan fingerprint density at radius 2 is 1.95 bits per heavy atom. The van der Waals surface area contributed by atoms with Crippen LogP contribution in [0.1, 0.15) is 12.6 Å². The topological polar surface area (TPSA) is 97.7 Å². The zero-order chi connectivity index (χ0) is 13.5. The van der Waals surface area contributed by atoms with Crippen LogP contribution in [0.25, 0.3) is 0 Å². The molecule has 0 saturated heterocycles. The summed E-state index contributed by atoms with van der Waals surface area (Å²) in [6.45, 7) is 3.16. The fourth-order valence-corrected chi connectivity index (χ4v) is 1.36. The third kappa shape index (κ3) is 3.73. The first-order valence-corrected chi connectivity index (χ1v) is 5.86. The van der Waals surface area contributed by atoms with E-state index in [0.717, 1.165) is 12.2 Å². The van der Waals surface area contributed by atoms with Gasteiger partial charge in [-0.25, -0.2) is 0 Å². The normalized spacial score (nSPS) is 10.0. The molecule has 2 rings (SSSR count). The Hall–Kier alpha value is -2.51. The Balaban J connectivity index is 2.08. The SMILES string of the molecule is CCNc1nc(NCc2cccnn2)nc(OC)n1. The second-order valence-corrected chi connectivity index (χ2v) is 3.57. The second-order valence-electron chi connectivity index (χ2n) is 3.57. The van der Waals surface area contributed by atoms with E-state index in [4.69, 9.17) is 4.74 Å². The molecule has 8 nitrogen and oxygen atoms in total. The van der Waals surface area contributed by atoms with Crippen LogP contribution >= 0.6 is 0 Å². The predicted molar refractivity (Wildman–Crippen MR) is 69.9 cm³/mol. The summed E-state index contributed by atoms with van der Waals surface area (Å²) < 4.78 is 5.02. The molecule has 0 spiro atoms. The van der Waals surface area contributed by atoms with Crippen molar-refractivity contribution in [3.63, 3.8) is 0 Å². The predicted octanol–water partition coefficient (Wildman–Crippen LogP) is 0.714. The van der Waals surface area contributed by atoms with E-state index in [0.29, 0.717) is 18.4 Å². The van der Waals surface area contributed by atoms with Crippen molar-refractivity contribution in [3.8, 4) is 6.01 Å². The minimum absolute atomic E-state index is 0.257. The zero-order valence-corrected chi connectivity index (χ0v) is 10.8. The lowest BCUT2D eigenvalue weighted by atomic mass is 10.4. The van der Waals surface area contributed by atoms with Crippen molar-refractivity contribution in [1.82, 2.24) is 25.1 Å². The van der Waals surface area contributed by atoms with Crippen LogP contribution in [-0.4, -0.2) is 38.8 Å². The lowest BCUT2D eigenvalue weighted by molar-refractivity contribution is 0.379. The first-order valence-electron chi connectivity index (χ1n) is 5.86. The van der Waals surface area contributed by atoms with E-state index in [1.807, 2.05) is 19.1 Å². The monoisotopic (exact) mass is 261 g/mol. The van der Waals surface area contributed by atoms with E-state index in [9.17, 15) is 0 Å². The number of methoxy groups -OCH3 is 1.